The fraction of sp³-hybridized carbons (Fsp3) is 0.538. The van der Waals surface area contributed by atoms with Gasteiger partial charge in [0.25, 0.3) is 0 Å². The minimum Gasteiger partial charge on any atom is -0.487 e. The summed E-state index contributed by atoms with van der Waals surface area (Å²) in [6.45, 7) is 3.46. The molecule has 1 fully saturated rings. The SMILES string of the molecule is CCCOc1cccc(N2CCC(O)C2)c1[N+](=O)[O-]. The zero-order chi connectivity index (χ0) is 13.8. The molecule has 19 heavy (non-hydrogen) atoms. The molecular weight excluding hydrogens is 248 g/mol. The van der Waals surface area contributed by atoms with Crippen molar-refractivity contribution < 1.29 is 14.8 Å². The third-order valence-electron chi connectivity index (χ3n) is 3.13. The third kappa shape index (κ3) is 2.96. The van der Waals surface area contributed by atoms with E-state index < -0.39 is 11.0 Å². The second kappa shape index (κ2) is 5.88. The van der Waals surface area contributed by atoms with Gasteiger partial charge in [0.1, 0.15) is 5.69 Å². The first-order valence-electron chi connectivity index (χ1n) is 6.46. The normalized spacial score (nSPS) is 18.6. The number of nitro groups is 1. The molecule has 6 heteroatoms. The molecule has 1 unspecified atom stereocenters. The van der Waals surface area contributed by atoms with Crippen molar-refractivity contribution in [2.45, 2.75) is 25.9 Å². The van der Waals surface area contributed by atoms with Gasteiger partial charge in [-0.1, -0.05) is 13.0 Å². The van der Waals surface area contributed by atoms with E-state index in [1.165, 1.54) is 0 Å². The van der Waals surface area contributed by atoms with E-state index >= 15 is 0 Å². The molecule has 1 atom stereocenters. The van der Waals surface area contributed by atoms with Crippen LogP contribution in [-0.4, -0.2) is 35.8 Å². The van der Waals surface area contributed by atoms with Crippen molar-refractivity contribution in [1.29, 1.82) is 0 Å². The summed E-state index contributed by atoms with van der Waals surface area (Å²) in [6, 6.07) is 5.07. The number of aliphatic hydroxyl groups excluding tert-OH is 1. The van der Waals surface area contributed by atoms with Gasteiger partial charge in [-0.3, -0.25) is 10.1 Å². The van der Waals surface area contributed by atoms with Crippen molar-refractivity contribution in [3.8, 4) is 5.75 Å². The highest BCUT2D eigenvalue weighted by Gasteiger charge is 2.29. The van der Waals surface area contributed by atoms with E-state index in [2.05, 4.69) is 0 Å². The Labute approximate surface area is 111 Å². The van der Waals surface area contributed by atoms with Gasteiger partial charge < -0.3 is 14.7 Å². The van der Waals surface area contributed by atoms with Gasteiger partial charge in [0.15, 0.2) is 5.75 Å². The van der Waals surface area contributed by atoms with Gasteiger partial charge in [-0.25, -0.2) is 0 Å². The highest BCUT2D eigenvalue weighted by Crippen LogP contribution is 2.38. The van der Waals surface area contributed by atoms with Crippen LogP contribution in [0.1, 0.15) is 19.8 Å². The molecule has 2 rings (SSSR count). The highest BCUT2D eigenvalue weighted by atomic mass is 16.6. The molecule has 1 heterocycles. The molecule has 1 saturated heterocycles. The standard InChI is InChI=1S/C13H18N2O4/c1-2-8-19-12-5-3-4-11(13(12)15(17)18)14-7-6-10(16)9-14/h3-5,10,16H,2,6-9H2,1H3. The second-order valence-electron chi connectivity index (χ2n) is 4.62. The number of hydrogen-bond acceptors (Lipinski definition) is 5. The van der Waals surface area contributed by atoms with Crippen molar-refractivity contribution in [3.05, 3.63) is 28.3 Å². The maximum atomic E-state index is 11.3. The van der Waals surface area contributed by atoms with Crippen LogP contribution in [0, 0.1) is 10.1 Å². The average molecular weight is 266 g/mol. The number of hydrogen-bond donors (Lipinski definition) is 1. The van der Waals surface area contributed by atoms with Crippen LogP contribution in [0.4, 0.5) is 11.4 Å². The van der Waals surface area contributed by atoms with Gasteiger partial charge in [-0.2, -0.15) is 0 Å². The summed E-state index contributed by atoms with van der Waals surface area (Å²) in [5.41, 5.74) is 0.514. The minimum absolute atomic E-state index is 0.00921. The maximum Gasteiger partial charge on any atom is 0.333 e. The zero-order valence-corrected chi connectivity index (χ0v) is 10.9. The van der Waals surface area contributed by atoms with Crippen LogP contribution < -0.4 is 9.64 Å². The third-order valence-corrected chi connectivity index (χ3v) is 3.13. The Morgan fingerprint density at radius 3 is 2.95 bits per heavy atom. The van der Waals surface area contributed by atoms with E-state index in [9.17, 15) is 15.2 Å². The van der Waals surface area contributed by atoms with Crippen LogP contribution in [0.5, 0.6) is 5.75 Å². The number of β-amino-alcohol motifs (C(OH)–C–C–N with tert-alkyl or cyclic N) is 1. The zero-order valence-electron chi connectivity index (χ0n) is 10.9. The van der Waals surface area contributed by atoms with Gasteiger partial charge in [0.2, 0.25) is 0 Å². The summed E-state index contributed by atoms with van der Waals surface area (Å²) in [4.78, 5) is 12.7. The molecule has 0 bridgehead atoms. The smallest absolute Gasteiger partial charge is 0.333 e. The molecule has 1 aliphatic heterocycles. The van der Waals surface area contributed by atoms with Crippen molar-refractivity contribution in [3.63, 3.8) is 0 Å². The predicted octanol–water partition coefficient (Wildman–Crippen LogP) is 1.95. The Hall–Kier alpha value is -1.82. The van der Waals surface area contributed by atoms with Gasteiger partial charge in [0, 0.05) is 13.1 Å². The molecule has 0 aromatic heterocycles. The Morgan fingerprint density at radius 2 is 2.37 bits per heavy atom. The fourth-order valence-electron chi connectivity index (χ4n) is 2.24. The Balaban J connectivity index is 2.34. The van der Waals surface area contributed by atoms with E-state index in [1.807, 2.05) is 11.8 Å². The highest BCUT2D eigenvalue weighted by molar-refractivity contribution is 5.70. The summed E-state index contributed by atoms with van der Waals surface area (Å²) in [6.07, 6.45) is 1.01. The summed E-state index contributed by atoms with van der Waals surface area (Å²) < 4.78 is 5.44. The molecular formula is C13H18N2O4. The molecule has 1 aliphatic rings. The Bertz CT molecular complexity index is 464. The molecule has 0 saturated carbocycles. The predicted molar refractivity (Wildman–Crippen MR) is 71.7 cm³/mol. The Kier molecular flexibility index (Phi) is 4.21. The molecule has 104 valence electrons. The monoisotopic (exact) mass is 266 g/mol. The van der Waals surface area contributed by atoms with Crippen LogP contribution in [0.15, 0.2) is 18.2 Å². The number of benzene rings is 1. The summed E-state index contributed by atoms with van der Waals surface area (Å²) in [5, 5.41) is 20.8. The topological polar surface area (TPSA) is 75.8 Å². The number of anilines is 1. The molecule has 0 spiro atoms. The molecule has 1 aromatic rings. The van der Waals surface area contributed by atoms with E-state index in [0.717, 1.165) is 6.42 Å². The summed E-state index contributed by atoms with van der Waals surface area (Å²) >= 11 is 0. The van der Waals surface area contributed by atoms with E-state index in [-0.39, 0.29) is 5.69 Å². The van der Waals surface area contributed by atoms with Crippen molar-refractivity contribution in [2.24, 2.45) is 0 Å². The lowest BCUT2D eigenvalue weighted by Crippen LogP contribution is -2.22. The van der Waals surface area contributed by atoms with Crippen LogP contribution in [0.3, 0.4) is 0 Å². The molecule has 6 nitrogen and oxygen atoms in total. The van der Waals surface area contributed by atoms with Crippen molar-refractivity contribution in [2.75, 3.05) is 24.6 Å². The number of nitro benzene ring substituents is 1. The first kappa shape index (κ1) is 13.6. The molecule has 1 aromatic carbocycles. The van der Waals surface area contributed by atoms with Crippen LogP contribution in [0.2, 0.25) is 0 Å². The van der Waals surface area contributed by atoms with Crippen LogP contribution in [0.25, 0.3) is 0 Å². The van der Waals surface area contributed by atoms with E-state index in [1.54, 1.807) is 18.2 Å². The van der Waals surface area contributed by atoms with Gasteiger partial charge >= 0.3 is 5.69 Å². The lowest BCUT2D eigenvalue weighted by Gasteiger charge is -2.18. The lowest BCUT2D eigenvalue weighted by atomic mass is 10.2. The minimum atomic E-state index is -0.417. The lowest BCUT2D eigenvalue weighted by molar-refractivity contribution is -0.385. The van der Waals surface area contributed by atoms with E-state index in [4.69, 9.17) is 4.74 Å². The Morgan fingerprint density at radius 1 is 1.58 bits per heavy atom. The number of rotatable bonds is 5. The van der Waals surface area contributed by atoms with Crippen molar-refractivity contribution >= 4 is 11.4 Å². The number of ether oxygens (including phenoxy) is 1. The summed E-state index contributed by atoms with van der Waals surface area (Å²) in [5.74, 6) is 0.297. The average Bonchev–Trinajstić information content (AvgIpc) is 2.82. The quantitative estimate of drug-likeness (QED) is 0.651. The first-order valence-corrected chi connectivity index (χ1v) is 6.46. The van der Waals surface area contributed by atoms with Gasteiger partial charge in [0.05, 0.1) is 17.6 Å². The van der Waals surface area contributed by atoms with E-state index in [0.29, 0.717) is 37.6 Å². The number of aliphatic hydroxyl groups is 1. The van der Waals surface area contributed by atoms with Crippen molar-refractivity contribution in [1.82, 2.24) is 0 Å². The molecule has 1 N–H and O–H groups in total. The van der Waals surface area contributed by atoms with Crippen LogP contribution in [-0.2, 0) is 0 Å². The first-order chi connectivity index (χ1) is 9.13. The molecule has 0 aliphatic carbocycles. The van der Waals surface area contributed by atoms with Crippen LogP contribution >= 0.6 is 0 Å². The largest absolute Gasteiger partial charge is 0.487 e. The number of para-hydroxylation sites is 1. The second-order valence-corrected chi connectivity index (χ2v) is 4.62. The molecule has 0 radical (unpaired) electrons. The fourth-order valence-corrected chi connectivity index (χ4v) is 2.24. The summed E-state index contributed by atoms with van der Waals surface area (Å²) in [7, 11) is 0. The van der Waals surface area contributed by atoms with Gasteiger partial charge in [-0.05, 0) is 25.0 Å². The maximum absolute atomic E-state index is 11.3. The van der Waals surface area contributed by atoms with Gasteiger partial charge in [-0.15, -0.1) is 0 Å². The molecule has 0 amide bonds. The number of nitrogens with zero attached hydrogens (tertiary/aromatic N) is 2.